The molecule has 0 aromatic heterocycles. The van der Waals surface area contributed by atoms with E-state index in [1.807, 2.05) is 24.3 Å². The van der Waals surface area contributed by atoms with E-state index >= 15 is 0 Å². The van der Waals surface area contributed by atoms with Gasteiger partial charge in [-0.25, -0.2) is 0 Å². The van der Waals surface area contributed by atoms with E-state index < -0.39 is 0 Å². The third kappa shape index (κ3) is 2.06. The second kappa shape index (κ2) is 4.73. The highest BCUT2D eigenvalue weighted by Gasteiger charge is 2.20. The van der Waals surface area contributed by atoms with Gasteiger partial charge in [-0.05, 0) is 42.2 Å². The molecule has 1 atom stereocenters. The smallest absolute Gasteiger partial charge is 0.124 e. The summed E-state index contributed by atoms with van der Waals surface area (Å²) >= 11 is 0. The molecule has 18 heavy (non-hydrogen) atoms. The number of fused-ring (bicyclic) bond motifs is 1. The first kappa shape index (κ1) is 11.1. The van der Waals surface area contributed by atoms with Crippen LogP contribution in [0, 0.1) is 0 Å². The summed E-state index contributed by atoms with van der Waals surface area (Å²) in [4.78, 5) is 0. The second-order valence-electron chi connectivity index (χ2n) is 4.53. The van der Waals surface area contributed by atoms with Crippen molar-refractivity contribution in [2.45, 2.75) is 18.9 Å². The Morgan fingerprint density at radius 1 is 1.06 bits per heavy atom. The van der Waals surface area contributed by atoms with Crippen molar-refractivity contribution in [3.05, 3.63) is 59.7 Å². The summed E-state index contributed by atoms with van der Waals surface area (Å²) in [7, 11) is 1.68. The Morgan fingerprint density at radius 3 is 2.61 bits per heavy atom. The van der Waals surface area contributed by atoms with Crippen LogP contribution in [0.3, 0.4) is 0 Å². The average Bonchev–Trinajstić information content (AvgIpc) is 2.47. The van der Waals surface area contributed by atoms with Crippen molar-refractivity contribution in [3.8, 4) is 11.5 Å². The molecule has 0 bridgehead atoms. The number of ether oxygens (including phenoxy) is 2. The molecule has 2 aromatic rings. The van der Waals surface area contributed by atoms with Crippen molar-refractivity contribution in [3.63, 3.8) is 0 Å². The van der Waals surface area contributed by atoms with Gasteiger partial charge in [-0.2, -0.15) is 0 Å². The van der Waals surface area contributed by atoms with Gasteiger partial charge in [-0.1, -0.05) is 30.3 Å². The van der Waals surface area contributed by atoms with Gasteiger partial charge in [-0.15, -0.1) is 0 Å². The molecule has 1 aliphatic heterocycles. The first-order valence-corrected chi connectivity index (χ1v) is 6.25. The molecule has 2 aromatic carbocycles. The zero-order chi connectivity index (χ0) is 12.4. The first-order chi connectivity index (χ1) is 8.86. The Morgan fingerprint density at radius 2 is 1.83 bits per heavy atom. The number of methoxy groups -OCH3 is 1. The van der Waals surface area contributed by atoms with Crippen LogP contribution in [0.4, 0.5) is 0 Å². The Bertz CT molecular complexity index is 531. The Labute approximate surface area is 107 Å². The van der Waals surface area contributed by atoms with Crippen LogP contribution in [-0.2, 0) is 6.42 Å². The lowest BCUT2D eigenvalue weighted by atomic mass is 9.97. The molecule has 0 aliphatic carbocycles. The van der Waals surface area contributed by atoms with Gasteiger partial charge in [0.25, 0.3) is 0 Å². The number of aryl methyl sites for hydroxylation is 1. The molecule has 3 rings (SSSR count). The minimum Gasteiger partial charge on any atom is -0.497 e. The highest BCUT2D eigenvalue weighted by molar-refractivity contribution is 5.37. The molecule has 0 amide bonds. The maximum atomic E-state index is 6.05. The largest absolute Gasteiger partial charge is 0.497 e. The fraction of sp³-hybridized carbons (Fsp3) is 0.250. The summed E-state index contributed by atoms with van der Waals surface area (Å²) in [5.41, 5.74) is 2.52. The maximum absolute atomic E-state index is 6.05. The highest BCUT2D eigenvalue weighted by Crippen LogP contribution is 2.34. The lowest BCUT2D eigenvalue weighted by Gasteiger charge is -2.26. The Balaban J connectivity index is 1.82. The topological polar surface area (TPSA) is 18.5 Å². The van der Waals surface area contributed by atoms with Gasteiger partial charge in [0.2, 0.25) is 0 Å². The molecule has 1 aliphatic rings. The third-order valence-corrected chi connectivity index (χ3v) is 3.41. The van der Waals surface area contributed by atoms with Crippen LogP contribution in [-0.4, -0.2) is 7.11 Å². The molecular weight excluding hydrogens is 224 g/mol. The number of para-hydroxylation sites is 1. The Hall–Kier alpha value is -1.96. The number of hydrogen-bond donors (Lipinski definition) is 0. The van der Waals surface area contributed by atoms with E-state index in [-0.39, 0.29) is 6.10 Å². The molecule has 1 heterocycles. The quantitative estimate of drug-likeness (QED) is 0.795. The fourth-order valence-electron chi connectivity index (χ4n) is 2.38. The molecule has 0 spiro atoms. The van der Waals surface area contributed by atoms with E-state index in [1.54, 1.807) is 7.11 Å². The van der Waals surface area contributed by atoms with Crippen LogP contribution in [0.15, 0.2) is 48.5 Å². The van der Waals surface area contributed by atoms with Gasteiger partial charge in [0, 0.05) is 0 Å². The van der Waals surface area contributed by atoms with Crippen LogP contribution in [0.25, 0.3) is 0 Å². The molecule has 0 radical (unpaired) electrons. The molecule has 2 heteroatoms. The minimum absolute atomic E-state index is 0.158. The van der Waals surface area contributed by atoms with Crippen molar-refractivity contribution in [1.29, 1.82) is 0 Å². The summed E-state index contributed by atoms with van der Waals surface area (Å²) in [6, 6.07) is 16.4. The summed E-state index contributed by atoms with van der Waals surface area (Å²) in [6.07, 6.45) is 2.27. The summed E-state index contributed by atoms with van der Waals surface area (Å²) in [6.45, 7) is 0. The van der Waals surface area contributed by atoms with Crippen LogP contribution in [0.5, 0.6) is 11.5 Å². The van der Waals surface area contributed by atoms with E-state index in [4.69, 9.17) is 9.47 Å². The number of hydrogen-bond acceptors (Lipinski definition) is 2. The number of rotatable bonds is 2. The zero-order valence-corrected chi connectivity index (χ0v) is 10.4. The molecule has 0 N–H and O–H groups in total. The SMILES string of the molecule is COc1ccc(C2CCc3ccccc3O2)cc1. The van der Waals surface area contributed by atoms with E-state index in [1.165, 1.54) is 11.1 Å². The summed E-state index contributed by atoms with van der Waals surface area (Å²) < 4.78 is 11.2. The highest BCUT2D eigenvalue weighted by atomic mass is 16.5. The van der Waals surface area contributed by atoms with E-state index in [0.717, 1.165) is 24.3 Å². The lowest BCUT2D eigenvalue weighted by molar-refractivity contribution is 0.176. The van der Waals surface area contributed by atoms with Crippen molar-refractivity contribution in [2.24, 2.45) is 0 Å². The van der Waals surface area contributed by atoms with Gasteiger partial charge in [0.05, 0.1) is 7.11 Å². The monoisotopic (exact) mass is 240 g/mol. The molecule has 1 unspecified atom stereocenters. The Kier molecular flexibility index (Phi) is 2.93. The molecule has 0 saturated heterocycles. The van der Waals surface area contributed by atoms with Crippen LogP contribution in [0.1, 0.15) is 23.7 Å². The van der Waals surface area contributed by atoms with E-state index in [2.05, 4.69) is 24.3 Å². The predicted octanol–water partition coefficient (Wildman–Crippen LogP) is 3.76. The molecule has 0 saturated carbocycles. The lowest BCUT2D eigenvalue weighted by Crippen LogP contribution is -2.14. The second-order valence-corrected chi connectivity index (χ2v) is 4.53. The van der Waals surface area contributed by atoms with Crippen molar-refractivity contribution in [1.82, 2.24) is 0 Å². The molecule has 0 fully saturated rings. The van der Waals surface area contributed by atoms with Crippen molar-refractivity contribution in [2.75, 3.05) is 7.11 Å². The van der Waals surface area contributed by atoms with Crippen molar-refractivity contribution < 1.29 is 9.47 Å². The van der Waals surface area contributed by atoms with E-state index in [0.29, 0.717) is 0 Å². The molecular formula is C16H16O2. The van der Waals surface area contributed by atoms with Crippen LogP contribution >= 0.6 is 0 Å². The molecule has 92 valence electrons. The van der Waals surface area contributed by atoms with Gasteiger partial charge in [0.15, 0.2) is 0 Å². The van der Waals surface area contributed by atoms with Gasteiger partial charge in [0.1, 0.15) is 17.6 Å². The third-order valence-electron chi connectivity index (χ3n) is 3.41. The number of benzene rings is 2. The summed E-state index contributed by atoms with van der Waals surface area (Å²) in [5, 5.41) is 0. The predicted molar refractivity (Wildman–Crippen MR) is 71.1 cm³/mol. The van der Waals surface area contributed by atoms with Crippen molar-refractivity contribution >= 4 is 0 Å². The fourth-order valence-corrected chi connectivity index (χ4v) is 2.38. The maximum Gasteiger partial charge on any atom is 0.124 e. The molecule has 2 nitrogen and oxygen atoms in total. The van der Waals surface area contributed by atoms with Gasteiger partial charge < -0.3 is 9.47 Å². The van der Waals surface area contributed by atoms with Gasteiger partial charge >= 0.3 is 0 Å². The average molecular weight is 240 g/mol. The van der Waals surface area contributed by atoms with E-state index in [9.17, 15) is 0 Å². The van der Waals surface area contributed by atoms with Crippen LogP contribution in [0.2, 0.25) is 0 Å². The van der Waals surface area contributed by atoms with Gasteiger partial charge in [-0.3, -0.25) is 0 Å². The first-order valence-electron chi connectivity index (χ1n) is 6.25. The summed E-state index contributed by atoms with van der Waals surface area (Å²) in [5.74, 6) is 1.90. The minimum atomic E-state index is 0.158. The standard InChI is InChI=1S/C16H16O2/c1-17-14-9-6-13(7-10-14)16-11-8-12-4-2-3-5-15(12)18-16/h2-7,9-10,16H,8,11H2,1H3. The van der Waals surface area contributed by atoms with Crippen LogP contribution < -0.4 is 9.47 Å². The zero-order valence-electron chi connectivity index (χ0n) is 10.4. The normalized spacial score (nSPS) is 17.7.